The predicted octanol–water partition coefficient (Wildman–Crippen LogP) is 2.72. The van der Waals surface area contributed by atoms with Crippen LogP contribution in [-0.2, 0) is 6.73 Å². The Kier molecular flexibility index (Phi) is 4.45. The van der Waals surface area contributed by atoms with Gasteiger partial charge in [-0.3, -0.25) is 9.32 Å². The predicted molar refractivity (Wildman–Crippen MR) is 106 cm³/mol. The molecule has 0 aliphatic carbocycles. The molecule has 3 heterocycles. The van der Waals surface area contributed by atoms with E-state index in [9.17, 15) is 4.79 Å². The summed E-state index contributed by atoms with van der Waals surface area (Å²) in [5, 5.41) is 16.9. The molecule has 0 radical (unpaired) electrons. The summed E-state index contributed by atoms with van der Waals surface area (Å²) < 4.78 is 13.1. The highest BCUT2D eigenvalue weighted by Crippen LogP contribution is 2.26. The number of rotatable bonds is 5. The van der Waals surface area contributed by atoms with Crippen molar-refractivity contribution >= 4 is 22.6 Å². The van der Waals surface area contributed by atoms with Crippen molar-refractivity contribution in [2.45, 2.75) is 6.73 Å². The Labute approximate surface area is 173 Å². The van der Waals surface area contributed by atoms with Crippen molar-refractivity contribution in [3.63, 3.8) is 0 Å². The number of nitrogens with zero attached hydrogens (tertiary/aromatic N) is 7. The van der Waals surface area contributed by atoms with Gasteiger partial charge in [0.1, 0.15) is 5.39 Å². The second kappa shape index (κ2) is 7.41. The van der Waals surface area contributed by atoms with E-state index in [1.54, 1.807) is 28.9 Å². The van der Waals surface area contributed by atoms with Crippen molar-refractivity contribution in [3.8, 4) is 23.2 Å². The maximum Gasteiger partial charge on any atom is 0.419 e. The lowest BCUT2D eigenvalue weighted by atomic mass is 10.2. The zero-order valence-corrected chi connectivity index (χ0v) is 16.0. The smallest absolute Gasteiger partial charge is 0.419 e. The third-order valence-electron chi connectivity index (χ3n) is 4.29. The molecular weight excluding hydrogens is 410 g/mol. The Balaban J connectivity index is 1.39. The van der Waals surface area contributed by atoms with Crippen molar-refractivity contribution in [3.05, 3.63) is 76.2 Å². The Hall–Kier alpha value is -4.05. The van der Waals surface area contributed by atoms with Crippen LogP contribution < -0.4 is 10.3 Å². The largest absolute Gasteiger partial charge is 0.425 e. The van der Waals surface area contributed by atoms with Gasteiger partial charge >= 0.3 is 6.08 Å². The maximum absolute atomic E-state index is 12.7. The van der Waals surface area contributed by atoms with Gasteiger partial charge in [-0.25, -0.2) is 4.68 Å². The first-order valence-corrected chi connectivity index (χ1v) is 9.17. The van der Waals surface area contributed by atoms with Crippen LogP contribution in [0.25, 0.3) is 28.1 Å². The SMILES string of the molecule is O=c1c2cnn(-c3ccccc3)c2nnn1COc1nc(-c2ccccc2Cl)no1. The summed E-state index contributed by atoms with van der Waals surface area (Å²) in [7, 11) is 0. The van der Waals surface area contributed by atoms with Crippen LogP contribution in [0, 0.1) is 0 Å². The first kappa shape index (κ1) is 18.0. The Bertz CT molecular complexity index is 1390. The van der Waals surface area contributed by atoms with Crippen molar-refractivity contribution in [2.24, 2.45) is 0 Å². The van der Waals surface area contributed by atoms with Crippen LogP contribution in [0.2, 0.25) is 5.02 Å². The maximum atomic E-state index is 12.7. The lowest BCUT2D eigenvalue weighted by Crippen LogP contribution is -2.26. The van der Waals surface area contributed by atoms with Gasteiger partial charge in [-0.15, -0.1) is 5.10 Å². The minimum atomic E-state index is -0.409. The summed E-state index contributed by atoms with van der Waals surface area (Å²) in [6.45, 7) is -0.261. The lowest BCUT2D eigenvalue weighted by molar-refractivity contribution is 0.140. The normalized spacial score (nSPS) is 11.1. The molecule has 2 aromatic carbocycles. The van der Waals surface area contributed by atoms with Crippen molar-refractivity contribution < 1.29 is 9.26 Å². The van der Waals surface area contributed by atoms with Crippen LogP contribution in [0.5, 0.6) is 6.08 Å². The molecule has 0 saturated heterocycles. The quantitative estimate of drug-likeness (QED) is 0.425. The van der Waals surface area contributed by atoms with Crippen LogP contribution in [0.4, 0.5) is 0 Å². The average molecular weight is 422 g/mol. The molecule has 0 amide bonds. The first-order valence-electron chi connectivity index (χ1n) is 8.79. The number of aromatic nitrogens is 7. The Morgan fingerprint density at radius 1 is 1.07 bits per heavy atom. The van der Waals surface area contributed by atoms with Gasteiger partial charge in [-0.05, 0) is 24.3 Å². The third-order valence-corrected chi connectivity index (χ3v) is 4.62. The fourth-order valence-corrected chi connectivity index (χ4v) is 3.06. The van der Waals surface area contributed by atoms with Crippen molar-refractivity contribution in [1.82, 2.24) is 34.9 Å². The molecular formula is C19H12ClN7O3. The zero-order valence-electron chi connectivity index (χ0n) is 15.2. The molecule has 5 rings (SSSR count). The molecule has 0 aliphatic heterocycles. The van der Waals surface area contributed by atoms with E-state index in [4.69, 9.17) is 20.9 Å². The van der Waals surface area contributed by atoms with E-state index in [0.717, 1.165) is 10.4 Å². The highest BCUT2D eigenvalue weighted by molar-refractivity contribution is 6.33. The fraction of sp³-hybridized carbons (Fsp3) is 0.0526. The number of hydrogen-bond acceptors (Lipinski definition) is 8. The first-order chi connectivity index (χ1) is 14.7. The molecule has 0 saturated carbocycles. The molecule has 0 bridgehead atoms. The van der Waals surface area contributed by atoms with E-state index in [-0.39, 0.29) is 18.6 Å². The number of benzene rings is 2. The van der Waals surface area contributed by atoms with Gasteiger partial charge in [0.2, 0.25) is 5.82 Å². The molecule has 3 aromatic heterocycles. The van der Waals surface area contributed by atoms with Crippen molar-refractivity contribution in [2.75, 3.05) is 0 Å². The molecule has 5 aromatic rings. The Morgan fingerprint density at radius 2 is 1.87 bits per heavy atom. The summed E-state index contributed by atoms with van der Waals surface area (Å²) in [6.07, 6.45) is 1.32. The van der Waals surface area contributed by atoms with Crippen LogP contribution >= 0.6 is 11.6 Å². The van der Waals surface area contributed by atoms with Gasteiger partial charge in [0.15, 0.2) is 12.4 Å². The topological polar surface area (TPSA) is 114 Å². The number of fused-ring (bicyclic) bond motifs is 1. The Morgan fingerprint density at radius 3 is 2.70 bits per heavy atom. The summed E-state index contributed by atoms with van der Waals surface area (Å²) >= 11 is 6.13. The van der Waals surface area contributed by atoms with E-state index in [1.165, 1.54) is 6.20 Å². The second-order valence-corrected chi connectivity index (χ2v) is 6.57. The zero-order chi connectivity index (χ0) is 20.5. The number of hydrogen-bond donors (Lipinski definition) is 0. The van der Waals surface area contributed by atoms with Crippen LogP contribution in [0.1, 0.15) is 0 Å². The van der Waals surface area contributed by atoms with Crippen LogP contribution in [0.15, 0.2) is 70.1 Å². The molecule has 0 unspecified atom stereocenters. The number of ether oxygens (including phenoxy) is 1. The monoisotopic (exact) mass is 421 g/mol. The van der Waals surface area contributed by atoms with Crippen molar-refractivity contribution in [1.29, 1.82) is 0 Å². The molecule has 148 valence electrons. The van der Waals surface area contributed by atoms with Crippen LogP contribution in [0.3, 0.4) is 0 Å². The van der Waals surface area contributed by atoms with Crippen LogP contribution in [-0.4, -0.2) is 34.9 Å². The highest BCUT2D eigenvalue weighted by Gasteiger charge is 2.15. The van der Waals surface area contributed by atoms with Gasteiger partial charge in [0.25, 0.3) is 5.56 Å². The second-order valence-electron chi connectivity index (χ2n) is 6.16. The van der Waals surface area contributed by atoms with E-state index in [0.29, 0.717) is 21.6 Å². The lowest BCUT2D eigenvalue weighted by Gasteiger charge is -2.04. The molecule has 0 N–H and O–H groups in total. The molecule has 0 atom stereocenters. The van der Waals surface area contributed by atoms with E-state index >= 15 is 0 Å². The van der Waals surface area contributed by atoms with E-state index < -0.39 is 5.56 Å². The number of halogens is 1. The van der Waals surface area contributed by atoms with Gasteiger partial charge in [-0.2, -0.15) is 14.8 Å². The molecule has 10 nitrogen and oxygen atoms in total. The molecule has 0 spiro atoms. The molecule has 11 heteroatoms. The average Bonchev–Trinajstić information content (AvgIpc) is 3.42. The number of para-hydroxylation sites is 1. The van der Waals surface area contributed by atoms with Gasteiger partial charge < -0.3 is 4.74 Å². The molecule has 0 aliphatic rings. The summed E-state index contributed by atoms with van der Waals surface area (Å²) in [5.74, 6) is 0.272. The standard InChI is InChI=1S/C19H12ClN7O3/c20-15-9-5-4-8-13(15)16-22-19(30-24-16)29-11-26-18(28)14-10-21-27(17(14)23-25-26)12-6-2-1-3-7-12/h1-10H,11H2. The van der Waals surface area contributed by atoms with Gasteiger partial charge in [0, 0.05) is 5.56 Å². The minimum Gasteiger partial charge on any atom is -0.425 e. The minimum absolute atomic E-state index is 0.126. The van der Waals surface area contributed by atoms with E-state index in [2.05, 4.69) is 25.6 Å². The fourth-order valence-electron chi connectivity index (χ4n) is 2.84. The summed E-state index contributed by atoms with van der Waals surface area (Å²) in [4.78, 5) is 16.8. The summed E-state index contributed by atoms with van der Waals surface area (Å²) in [6, 6.07) is 16.4. The van der Waals surface area contributed by atoms with E-state index in [1.807, 2.05) is 30.3 Å². The van der Waals surface area contributed by atoms with Gasteiger partial charge in [0.05, 0.1) is 16.9 Å². The molecule has 30 heavy (non-hydrogen) atoms. The summed E-state index contributed by atoms with van der Waals surface area (Å²) in [5.41, 5.74) is 1.31. The third kappa shape index (κ3) is 3.18. The molecule has 0 fully saturated rings. The highest BCUT2D eigenvalue weighted by atomic mass is 35.5. The van der Waals surface area contributed by atoms with Gasteiger partial charge in [-0.1, -0.05) is 52.3 Å².